The number of carbonyl (C=O) groups is 3. The maximum absolute atomic E-state index is 13.8. The highest BCUT2D eigenvalue weighted by molar-refractivity contribution is 9.10. The maximum atomic E-state index is 13.8. The Kier molecular flexibility index (Phi) is 5.40. The van der Waals surface area contributed by atoms with E-state index in [2.05, 4.69) is 22.9 Å². The van der Waals surface area contributed by atoms with Crippen molar-refractivity contribution in [2.75, 3.05) is 6.61 Å². The fourth-order valence-electron chi connectivity index (χ4n) is 8.44. The number of ketones is 2. The number of ether oxygens (including phenoxy) is 3. The normalized spacial score (nSPS) is 48.8. The van der Waals surface area contributed by atoms with Gasteiger partial charge < -0.3 is 19.3 Å². The van der Waals surface area contributed by atoms with E-state index in [1.807, 2.05) is 6.92 Å². The van der Waals surface area contributed by atoms with Crippen LogP contribution >= 0.6 is 15.9 Å². The second kappa shape index (κ2) is 7.46. The minimum Gasteiger partial charge on any atom is -0.458 e. The Hall–Kier alpha value is -1.09. The van der Waals surface area contributed by atoms with Crippen molar-refractivity contribution < 1.29 is 33.7 Å². The predicted molar refractivity (Wildman–Crippen MR) is 126 cm³/mol. The fourth-order valence-corrected chi connectivity index (χ4v) is 9.61. The molecule has 3 saturated carbocycles. The second-order valence-electron chi connectivity index (χ2n) is 11.9. The molecular weight excluding hydrogens is 504 g/mol. The number of esters is 1. The fraction of sp³-hybridized carbons (Fsp3) is 0.808. The van der Waals surface area contributed by atoms with Gasteiger partial charge in [0.05, 0.1) is 16.5 Å². The van der Waals surface area contributed by atoms with Crippen molar-refractivity contribution >= 4 is 33.5 Å². The highest BCUT2D eigenvalue weighted by Gasteiger charge is 2.79. The summed E-state index contributed by atoms with van der Waals surface area (Å²) in [5.74, 6) is -1.51. The number of Topliss-reactive ketones (excluding diaryl/α,β-unsaturated/α-hetero) is 1. The van der Waals surface area contributed by atoms with Crippen LogP contribution in [0.15, 0.2) is 11.6 Å². The van der Waals surface area contributed by atoms with Crippen molar-refractivity contribution in [2.24, 2.45) is 22.7 Å². The summed E-state index contributed by atoms with van der Waals surface area (Å²) in [5, 5.41) is 11.9. The summed E-state index contributed by atoms with van der Waals surface area (Å²) in [6, 6.07) is 0. The van der Waals surface area contributed by atoms with E-state index in [4.69, 9.17) is 14.2 Å². The van der Waals surface area contributed by atoms with Crippen LogP contribution in [0.25, 0.3) is 0 Å². The first-order valence-corrected chi connectivity index (χ1v) is 13.2. The van der Waals surface area contributed by atoms with Gasteiger partial charge in [0.25, 0.3) is 0 Å². The summed E-state index contributed by atoms with van der Waals surface area (Å²) < 4.78 is 17.3. The van der Waals surface area contributed by atoms with Crippen LogP contribution in [0.1, 0.15) is 73.1 Å². The van der Waals surface area contributed by atoms with Gasteiger partial charge in [-0.1, -0.05) is 35.4 Å². The van der Waals surface area contributed by atoms with Crippen LogP contribution in [0.3, 0.4) is 0 Å². The number of halogens is 1. The standard InChI is InChI=1S/C26H35BrO7/c1-14(28)32-13-20(31)26-21(33-22(2,3)34-26)11-18-17-7-6-15-10-16(29)8-9-23(15,4)25(17,27)19(30)12-24(18,26)5/h10,17-19,21,30H,6-9,11-13H2,1-5H3/t17-,18-,19-,21+,23-,24-,25-,26+/m0/s1. The summed E-state index contributed by atoms with van der Waals surface area (Å²) in [6.45, 7) is 8.73. The van der Waals surface area contributed by atoms with Gasteiger partial charge in [-0.15, -0.1) is 0 Å². The number of allylic oxidation sites excluding steroid dienone is 1. The zero-order valence-corrected chi connectivity index (χ0v) is 22.2. The average molecular weight is 539 g/mol. The van der Waals surface area contributed by atoms with Crippen molar-refractivity contribution in [1.82, 2.24) is 0 Å². The summed E-state index contributed by atoms with van der Waals surface area (Å²) in [4.78, 5) is 37.4. The lowest BCUT2D eigenvalue weighted by atomic mass is 9.45. The third kappa shape index (κ3) is 2.94. The number of hydrogen-bond donors (Lipinski definition) is 1. The summed E-state index contributed by atoms with van der Waals surface area (Å²) in [7, 11) is 0. The van der Waals surface area contributed by atoms with Crippen LogP contribution < -0.4 is 0 Å². The first kappa shape index (κ1) is 24.6. The van der Waals surface area contributed by atoms with Gasteiger partial charge in [-0.2, -0.15) is 0 Å². The topological polar surface area (TPSA) is 99.1 Å². The molecule has 0 aromatic heterocycles. The smallest absolute Gasteiger partial charge is 0.303 e. The van der Waals surface area contributed by atoms with Crippen LogP contribution in [0.4, 0.5) is 0 Å². The monoisotopic (exact) mass is 538 g/mol. The van der Waals surface area contributed by atoms with E-state index >= 15 is 0 Å². The molecule has 0 aromatic rings. The van der Waals surface area contributed by atoms with E-state index in [-0.39, 0.29) is 35.4 Å². The number of aliphatic hydroxyl groups is 1. The van der Waals surface area contributed by atoms with E-state index < -0.39 is 39.3 Å². The van der Waals surface area contributed by atoms with Crippen LogP contribution in [0.5, 0.6) is 0 Å². The molecule has 0 amide bonds. The number of fused-ring (bicyclic) bond motifs is 7. The van der Waals surface area contributed by atoms with Crippen molar-refractivity contribution in [1.29, 1.82) is 0 Å². The Morgan fingerprint density at radius 1 is 1.21 bits per heavy atom. The first-order valence-electron chi connectivity index (χ1n) is 12.4. The number of rotatable bonds is 3. The van der Waals surface area contributed by atoms with Crippen LogP contribution in [-0.4, -0.2) is 57.2 Å². The SMILES string of the molecule is CC(=O)OCC(=O)[C@@]12OC(C)(C)O[C@@H]1C[C@H]1[C@@H]3CCC4=CC(=O)CC[C@]4(C)[C@@]3(Br)[C@@H](O)C[C@@]12C. The van der Waals surface area contributed by atoms with Gasteiger partial charge in [-0.3, -0.25) is 14.4 Å². The molecule has 1 N–H and O–H groups in total. The first-order chi connectivity index (χ1) is 15.7. The van der Waals surface area contributed by atoms with Gasteiger partial charge in [0.1, 0.15) is 0 Å². The van der Waals surface area contributed by atoms with Crippen molar-refractivity contribution in [3.8, 4) is 0 Å². The van der Waals surface area contributed by atoms with Gasteiger partial charge in [0.2, 0.25) is 5.78 Å². The van der Waals surface area contributed by atoms with Gasteiger partial charge in [0, 0.05) is 24.2 Å². The van der Waals surface area contributed by atoms with E-state index in [0.29, 0.717) is 25.7 Å². The minimum absolute atomic E-state index is 0.0497. The molecule has 188 valence electrons. The molecule has 5 rings (SSSR count). The predicted octanol–water partition coefficient (Wildman–Crippen LogP) is 3.64. The molecule has 1 aliphatic heterocycles. The van der Waals surface area contributed by atoms with E-state index in [0.717, 1.165) is 18.4 Å². The Bertz CT molecular complexity index is 990. The highest BCUT2D eigenvalue weighted by atomic mass is 79.9. The molecule has 4 aliphatic carbocycles. The molecular formula is C26H35BrO7. The van der Waals surface area contributed by atoms with E-state index in [1.54, 1.807) is 19.9 Å². The molecule has 0 bridgehead atoms. The zero-order chi connectivity index (χ0) is 24.9. The van der Waals surface area contributed by atoms with E-state index in [1.165, 1.54) is 6.92 Å². The van der Waals surface area contributed by atoms with Gasteiger partial charge >= 0.3 is 5.97 Å². The van der Waals surface area contributed by atoms with Crippen molar-refractivity contribution in [2.45, 2.75) is 101 Å². The van der Waals surface area contributed by atoms with Crippen LogP contribution in [-0.2, 0) is 28.6 Å². The quantitative estimate of drug-likeness (QED) is 0.432. The molecule has 1 heterocycles. The van der Waals surface area contributed by atoms with Gasteiger partial charge in [0.15, 0.2) is 23.8 Å². The van der Waals surface area contributed by atoms with Crippen LogP contribution in [0, 0.1) is 22.7 Å². The number of aliphatic hydroxyl groups excluding tert-OH is 1. The van der Waals surface area contributed by atoms with Crippen LogP contribution in [0.2, 0.25) is 0 Å². The largest absolute Gasteiger partial charge is 0.458 e. The van der Waals surface area contributed by atoms with Crippen molar-refractivity contribution in [3.63, 3.8) is 0 Å². The molecule has 4 fully saturated rings. The molecule has 7 nitrogen and oxygen atoms in total. The van der Waals surface area contributed by atoms with E-state index in [9.17, 15) is 19.5 Å². The maximum Gasteiger partial charge on any atom is 0.303 e. The third-order valence-corrected chi connectivity index (χ3v) is 11.8. The average Bonchev–Trinajstić information content (AvgIpc) is 3.14. The number of alkyl halides is 1. The molecule has 5 aliphatic rings. The summed E-state index contributed by atoms with van der Waals surface area (Å²) in [6.07, 6.45) is 4.30. The lowest BCUT2D eigenvalue weighted by Crippen LogP contribution is -2.69. The Balaban J connectivity index is 1.59. The third-order valence-electron chi connectivity index (χ3n) is 9.86. The lowest BCUT2D eigenvalue weighted by molar-refractivity contribution is -0.223. The molecule has 34 heavy (non-hydrogen) atoms. The van der Waals surface area contributed by atoms with Gasteiger partial charge in [-0.25, -0.2) is 0 Å². The molecule has 0 aromatic carbocycles. The Labute approximate surface area is 209 Å². The second-order valence-corrected chi connectivity index (χ2v) is 13.2. The Morgan fingerprint density at radius 3 is 2.59 bits per heavy atom. The molecule has 0 spiro atoms. The lowest BCUT2D eigenvalue weighted by Gasteiger charge is -2.65. The van der Waals surface area contributed by atoms with Crippen molar-refractivity contribution in [3.05, 3.63) is 11.6 Å². The Morgan fingerprint density at radius 2 is 1.91 bits per heavy atom. The minimum atomic E-state index is -1.30. The molecule has 1 saturated heterocycles. The summed E-state index contributed by atoms with van der Waals surface area (Å²) >= 11 is 4.09. The summed E-state index contributed by atoms with van der Waals surface area (Å²) in [5.41, 5.74) is -1.23. The number of carbonyl (C=O) groups excluding carboxylic acids is 3. The number of hydrogen-bond acceptors (Lipinski definition) is 7. The zero-order valence-electron chi connectivity index (χ0n) is 20.6. The van der Waals surface area contributed by atoms with Gasteiger partial charge in [-0.05, 0) is 63.9 Å². The highest BCUT2D eigenvalue weighted by Crippen LogP contribution is 2.73. The molecule has 8 atom stereocenters. The molecule has 0 radical (unpaired) electrons. The molecule has 0 unspecified atom stereocenters. The molecule has 8 heteroatoms.